The molecule has 1 saturated heterocycles. The van der Waals surface area contributed by atoms with E-state index >= 15 is 0 Å². The second kappa shape index (κ2) is 7.10. The topological polar surface area (TPSA) is 71.3 Å². The number of likely N-dealkylation sites (tertiary alicyclic amines) is 1. The van der Waals surface area contributed by atoms with Crippen molar-refractivity contribution in [3.05, 3.63) is 41.7 Å². The highest BCUT2D eigenvalue weighted by molar-refractivity contribution is 6.30. The lowest BCUT2D eigenvalue weighted by molar-refractivity contribution is -0.121. The summed E-state index contributed by atoms with van der Waals surface area (Å²) in [5.41, 5.74) is 0. The first-order chi connectivity index (χ1) is 11.1. The van der Waals surface area contributed by atoms with Gasteiger partial charge < -0.3 is 9.73 Å². The third-order valence-electron chi connectivity index (χ3n) is 4.16. The van der Waals surface area contributed by atoms with E-state index in [1.807, 2.05) is 6.92 Å². The van der Waals surface area contributed by atoms with Gasteiger partial charge in [0.05, 0.1) is 17.3 Å². The fourth-order valence-electron chi connectivity index (χ4n) is 2.84. The molecule has 0 aromatic carbocycles. The van der Waals surface area contributed by atoms with Crippen LogP contribution in [-0.4, -0.2) is 39.9 Å². The Morgan fingerprint density at radius 1 is 1.48 bits per heavy atom. The van der Waals surface area contributed by atoms with Gasteiger partial charge in [0, 0.05) is 18.7 Å². The molecule has 6 nitrogen and oxygen atoms in total. The average Bonchev–Trinajstić information content (AvgIpc) is 3.11. The summed E-state index contributed by atoms with van der Waals surface area (Å²) in [6.45, 7) is 3.56. The van der Waals surface area contributed by atoms with Crippen molar-refractivity contribution < 1.29 is 9.21 Å². The highest BCUT2D eigenvalue weighted by atomic mass is 35.5. The quantitative estimate of drug-likeness (QED) is 0.930. The van der Waals surface area contributed by atoms with E-state index in [9.17, 15) is 4.79 Å². The zero-order chi connectivity index (χ0) is 16.2. The molecule has 3 rings (SSSR count). The second-order valence-corrected chi connectivity index (χ2v) is 6.17. The van der Waals surface area contributed by atoms with Gasteiger partial charge in [0.25, 0.3) is 0 Å². The summed E-state index contributed by atoms with van der Waals surface area (Å²) in [7, 11) is 0. The smallest absolute Gasteiger partial charge is 0.242 e. The first-order valence-electron chi connectivity index (χ1n) is 7.69. The molecular weight excluding hydrogens is 316 g/mol. The predicted octanol–water partition coefficient (Wildman–Crippen LogP) is 2.93. The minimum atomic E-state index is -0.245. The number of hydrogen-bond donors (Lipinski definition) is 1. The molecule has 122 valence electrons. The third-order valence-corrected chi connectivity index (χ3v) is 4.38. The number of carbonyl (C=O) groups is 1. The van der Waals surface area contributed by atoms with E-state index < -0.39 is 0 Å². The number of piperidine rings is 1. The Bertz CT molecular complexity index is 645. The predicted molar refractivity (Wildman–Crippen MR) is 87.4 cm³/mol. The van der Waals surface area contributed by atoms with Crippen molar-refractivity contribution in [1.29, 1.82) is 0 Å². The Morgan fingerprint density at radius 2 is 2.35 bits per heavy atom. The van der Waals surface area contributed by atoms with Gasteiger partial charge in [0.1, 0.15) is 12.1 Å². The summed E-state index contributed by atoms with van der Waals surface area (Å²) in [5, 5.41) is 3.37. The van der Waals surface area contributed by atoms with E-state index in [-0.39, 0.29) is 17.9 Å². The maximum Gasteiger partial charge on any atom is 0.242 e. The van der Waals surface area contributed by atoms with Gasteiger partial charge in [0.15, 0.2) is 5.89 Å². The van der Waals surface area contributed by atoms with Gasteiger partial charge in [-0.25, -0.2) is 9.97 Å². The molecule has 0 saturated carbocycles. The Hall–Kier alpha value is -1.92. The molecule has 1 N–H and O–H groups in total. The average molecular weight is 335 g/mol. The summed E-state index contributed by atoms with van der Waals surface area (Å²) in [4.78, 5) is 22.9. The van der Waals surface area contributed by atoms with Crippen LogP contribution in [0.15, 0.2) is 35.2 Å². The molecule has 0 radical (unpaired) electrons. The van der Waals surface area contributed by atoms with Gasteiger partial charge in [0.2, 0.25) is 5.91 Å². The van der Waals surface area contributed by atoms with Crippen LogP contribution in [-0.2, 0) is 4.79 Å². The van der Waals surface area contributed by atoms with Crippen LogP contribution in [0.1, 0.15) is 31.6 Å². The van der Waals surface area contributed by atoms with Crippen molar-refractivity contribution in [1.82, 2.24) is 14.9 Å². The zero-order valence-corrected chi connectivity index (χ0v) is 13.7. The summed E-state index contributed by atoms with van der Waals surface area (Å²) >= 11 is 5.80. The van der Waals surface area contributed by atoms with Crippen molar-refractivity contribution in [2.75, 3.05) is 18.4 Å². The van der Waals surface area contributed by atoms with E-state index in [0.29, 0.717) is 10.8 Å². The van der Waals surface area contributed by atoms with Crippen molar-refractivity contribution in [2.24, 2.45) is 0 Å². The highest BCUT2D eigenvalue weighted by Gasteiger charge is 2.30. The fraction of sp³-hybridized carbons (Fsp3) is 0.438. The third kappa shape index (κ3) is 3.89. The lowest BCUT2D eigenvalue weighted by Gasteiger charge is -2.34. The Morgan fingerprint density at radius 3 is 3.04 bits per heavy atom. The molecule has 3 heterocycles. The van der Waals surface area contributed by atoms with Crippen LogP contribution in [0.25, 0.3) is 0 Å². The minimum absolute atomic E-state index is 0.0760. The van der Waals surface area contributed by atoms with Crippen molar-refractivity contribution >= 4 is 23.3 Å². The van der Waals surface area contributed by atoms with Crippen LogP contribution < -0.4 is 5.32 Å². The normalized spacial score (nSPS) is 20.2. The molecule has 0 bridgehead atoms. The largest absolute Gasteiger partial charge is 0.449 e. The molecule has 0 unspecified atom stereocenters. The van der Waals surface area contributed by atoms with E-state index in [1.54, 1.807) is 24.6 Å². The molecule has 0 aliphatic carbocycles. The number of oxazole rings is 1. The Balaban J connectivity index is 1.61. The lowest BCUT2D eigenvalue weighted by Crippen LogP contribution is -2.46. The lowest BCUT2D eigenvalue weighted by atomic mass is 9.96. The summed E-state index contributed by atoms with van der Waals surface area (Å²) in [6.07, 6.45) is 6.82. The van der Waals surface area contributed by atoms with Gasteiger partial charge in [-0.15, -0.1) is 0 Å². The number of aromatic nitrogens is 2. The molecule has 2 atom stereocenters. The van der Waals surface area contributed by atoms with Crippen molar-refractivity contribution in [3.8, 4) is 0 Å². The molecule has 2 aromatic rings. The fourth-order valence-corrected chi connectivity index (χ4v) is 2.95. The zero-order valence-electron chi connectivity index (χ0n) is 12.9. The highest BCUT2D eigenvalue weighted by Crippen LogP contribution is 2.27. The number of carbonyl (C=O) groups excluding carboxylic acids is 1. The summed E-state index contributed by atoms with van der Waals surface area (Å²) in [5.74, 6) is 1.42. The first kappa shape index (κ1) is 16.0. The van der Waals surface area contributed by atoms with Crippen LogP contribution in [0.5, 0.6) is 0 Å². The summed E-state index contributed by atoms with van der Waals surface area (Å²) in [6, 6.07) is 3.15. The van der Waals surface area contributed by atoms with Gasteiger partial charge in [-0.3, -0.25) is 9.69 Å². The van der Waals surface area contributed by atoms with Crippen molar-refractivity contribution in [3.63, 3.8) is 0 Å². The molecule has 1 fully saturated rings. The number of halogens is 1. The molecule has 1 aliphatic rings. The molecule has 1 aliphatic heterocycles. The molecule has 2 aromatic heterocycles. The Labute approximate surface area is 139 Å². The van der Waals surface area contributed by atoms with Crippen LogP contribution in [0.2, 0.25) is 5.02 Å². The maximum atomic E-state index is 12.4. The van der Waals surface area contributed by atoms with Gasteiger partial charge in [-0.1, -0.05) is 11.6 Å². The maximum absolute atomic E-state index is 12.4. The van der Waals surface area contributed by atoms with E-state index in [4.69, 9.17) is 16.0 Å². The number of anilines is 1. The number of nitrogens with zero attached hydrogens (tertiary/aromatic N) is 3. The minimum Gasteiger partial charge on any atom is -0.449 e. The first-order valence-corrected chi connectivity index (χ1v) is 8.07. The molecule has 1 amide bonds. The standard InChI is InChI=1S/C16H19ClN4O2/c1-11(15(22)20-14-5-4-13(17)9-19-14)21-7-2-3-12(10-21)16-18-6-8-23-16/h4-6,8-9,11-12H,2-3,7,10H2,1H3,(H,19,20,22)/t11-,12-/m0/s1. The number of rotatable bonds is 4. The number of nitrogens with one attached hydrogen (secondary N) is 1. The van der Waals surface area contributed by atoms with E-state index in [1.165, 1.54) is 6.20 Å². The van der Waals surface area contributed by atoms with Gasteiger partial charge >= 0.3 is 0 Å². The van der Waals surface area contributed by atoms with Crippen LogP contribution in [0, 0.1) is 0 Å². The van der Waals surface area contributed by atoms with Crippen LogP contribution in [0.4, 0.5) is 5.82 Å². The van der Waals surface area contributed by atoms with Crippen molar-refractivity contribution in [2.45, 2.75) is 31.7 Å². The van der Waals surface area contributed by atoms with Crippen LogP contribution >= 0.6 is 11.6 Å². The van der Waals surface area contributed by atoms with Gasteiger partial charge in [-0.2, -0.15) is 0 Å². The monoisotopic (exact) mass is 334 g/mol. The number of pyridine rings is 1. The van der Waals surface area contributed by atoms with E-state index in [2.05, 4.69) is 20.2 Å². The molecule has 7 heteroatoms. The number of amides is 1. The summed E-state index contributed by atoms with van der Waals surface area (Å²) < 4.78 is 5.41. The number of hydrogen-bond acceptors (Lipinski definition) is 5. The van der Waals surface area contributed by atoms with Crippen LogP contribution in [0.3, 0.4) is 0 Å². The molecule has 23 heavy (non-hydrogen) atoms. The molecular formula is C16H19ClN4O2. The second-order valence-electron chi connectivity index (χ2n) is 5.73. The van der Waals surface area contributed by atoms with Gasteiger partial charge in [-0.05, 0) is 38.4 Å². The SMILES string of the molecule is C[C@@H](C(=O)Nc1ccc(Cl)cn1)N1CCC[C@H](c2ncco2)C1. The molecule has 0 spiro atoms. The Kier molecular flexibility index (Phi) is 4.93. The van der Waals surface area contributed by atoms with E-state index in [0.717, 1.165) is 31.8 Å².